The fraction of sp³-hybridized carbons (Fsp3) is 0.385. The normalized spacial score (nSPS) is 8.08. The number of rotatable bonds is 5. The third-order valence-corrected chi connectivity index (χ3v) is 2.67. The SMILES string of the molecule is C=C(C)/C=C\C(=C)C(=C)c1ccccc1C(=C)C.CC.CC.CC.CC. The second-order valence-electron chi connectivity index (χ2n) is 4.51. The molecule has 148 valence electrons. The highest BCUT2D eigenvalue weighted by molar-refractivity contribution is 5.86. The van der Waals surface area contributed by atoms with E-state index >= 15 is 0 Å². The smallest absolute Gasteiger partial charge is 0.0109 e. The Bertz CT molecular complexity index is 539. The van der Waals surface area contributed by atoms with E-state index in [-0.39, 0.29) is 0 Å². The van der Waals surface area contributed by atoms with E-state index in [1.165, 1.54) is 0 Å². The number of benzene rings is 1. The van der Waals surface area contributed by atoms with Crippen LogP contribution in [0.5, 0.6) is 0 Å². The molecule has 26 heavy (non-hydrogen) atoms. The fourth-order valence-electron chi connectivity index (χ4n) is 1.63. The molecule has 0 radical (unpaired) electrons. The molecule has 1 aromatic rings. The first-order valence-corrected chi connectivity index (χ1v) is 9.90. The minimum atomic E-state index is 0.895. The molecule has 0 N–H and O–H groups in total. The van der Waals surface area contributed by atoms with Gasteiger partial charge < -0.3 is 0 Å². The Kier molecular flexibility index (Phi) is 27.9. The summed E-state index contributed by atoms with van der Waals surface area (Å²) >= 11 is 0. The molecule has 0 aromatic heterocycles. The van der Waals surface area contributed by atoms with Crippen molar-refractivity contribution in [1.29, 1.82) is 0 Å². The Morgan fingerprint density at radius 3 is 1.38 bits per heavy atom. The maximum absolute atomic E-state index is 4.12. The molecule has 0 spiro atoms. The topological polar surface area (TPSA) is 0 Å². The van der Waals surface area contributed by atoms with Crippen LogP contribution in [0.15, 0.2) is 73.9 Å². The summed E-state index contributed by atoms with van der Waals surface area (Å²) in [5.41, 5.74) is 6.05. The maximum atomic E-state index is 4.12. The molecule has 0 unspecified atom stereocenters. The van der Waals surface area contributed by atoms with Gasteiger partial charge in [0.05, 0.1) is 0 Å². The van der Waals surface area contributed by atoms with Gasteiger partial charge in [0.1, 0.15) is 0 Å². The Morgan fingerprint density at radius 1 is 0.654 bits per heavy atom. The van der Waals surface area contributed by atoms with Crippen LogP contribution in [-0.4, -0.2) is 0 Å². The standard InChI is InChI=1S/C18H20.4C2H6/c1-13(2)11-12-15(5)16(6)18-10-8-7-9-17(18)14(3)4;4*1-2/h7-12H,1,3,5-6H2,2,4H3;4*1-2H3/b12-11-;;;;. The van der Waals surface area contributed by atoms with Crippen molar-refractivity contribution >= 4 is 11.1 Å². The van der Waals surface area contributed by atoms with Crippen LogP contribution in [0.25, 0.3) is 11.1 Å². The van der Waals surface area contributed by atoms with Crippen LogP contribution >= 0.6 is 0 Å². The van der Waals surface area contributed by atoms with Crippen molar-refractivity contribution in [2.75, 3.05) is 0 Å². The Balaban J connectivity index is -0.000000266. The van der Waals surface area contributed by atoms with Crippen molar-refractivity contribution in [3.05, 3.63) is 85.0 Å². The number of hydrogen-bond acceptors (Lipinski definition) is 0. The van der Waals surface area contributed by atoms with Gasteiger partial charge in [0.2, 0.25) is 0 Å². The van der Waals surface area contributed by atoms with Crippen molar-refractivity contribution in [1.82, 2.24) is 0 Å². The monoisotopic (exact) mass is 356 g/mol. The van der Waals surface area contributed by atoms with Crippen molar-refractivity contribution in [3.8, 4) is 0 Å². The van der Waals surface area contributed by atoms with E-state index in [9.17, 15) is 0 Å². The molecule has 0 saturated heterocycles. The predicted octanol–water partition coefficient (Wildman–Crippen LogP) is 9.53. The van der Waals surface area contributed by atoms with Gasteiger partial charge in [-0.15, -0.1) is 0 Å². The molecule has 0 fully saturated rings. The van der Waals surface area contributed by atoms with E-state index in [1.807, 2.05) is 99.6 Å². The second kappa shape index (κ2) is 22.9. The zero-order chi connectivity index (χ0) is 21.7. The Morgan fingerprint density at radius 2 is 1.04 bits per heavy atom. The van der Waals surface area contributed by atoms with E-state index in [0.29, 0.717) is 0 Å². The lowest BCUT2D eigenvalue weighted by molar-refractivity contribution is 1.50. The largest absolute Gasteiger partial charge is 0.0961 e. The third kappa shape index (κ3) is 14.3. The lowest BCUT2D eigenvalue weighted by atomic mass is 9.92. The molecular formula is C26H44. The first kappa shape index (κ1) is 31.7. The molecule has 1 rings (SSSR count). The molecule has 1 aromatic carbocycles. The quantitative estimate of drug-likeness (QED) is 0.461. The highest BCUT2D eigenvalue weighted by Gasteiger charge is 2.07. The maximum Gasteiger partial charge on any atom is -0.0109 e. The molecule has 0 atom stereocenters. The van der Waals surface area contributed by atoms with E-state index in [4.69, 9.17) is 0 Å². The Hall–Kier alpha value is -2.08. The van der Waals surface area contributed by atoms with E-state index in [2.05, 4.69) is 32.4 Å². The van der Waals surface area contributed by atoms with Crippen LogP contribution in [-0.2, 0) is 0 Å². The lowest BCUT2D eigenvalue weighted by Gasteiger charge is -2.12. The van der Waals surface area contributed by atoms with Crippen molar-refractivity contribution < 1.29 is 0 Å². The molecule has 0 aliphatic rings. The summed E-state index contributed by atoms with van der Waals surface area (Å²) in [6.07, 6.45) is 3.89. The summed E-state index contributed by atoms with van der Waals surface area (Å²) in [5.74, 6) is 0. The molecule has 0 nitrogen and oxygen atoms in total. The zero-order valence-electron chi connectivity index (χ0n) is 19.3. The summed E-state index contributed by atoms with van der Waals surface area (Å²) < 4.78 is 0. The van der Waals surface area contributed by atoms with Crippen molar-refractivity contribution in [3.63, 3.8) is 0 Å². The van der Waals surface area contributed by atoms with Gasteiger partial charge in [-0.3, -0.25) is 0 Å². The summed E-state index contributed by atoms with van der Waals surface area (Å²) in [6.45, 7) is 36.0. The number of hydrogen-bond donors (Lipinski definition) is 0. The first-order valence-electron chi connectivity index (χ1n) is 9.90. The summed E-state index contributed by atoms with van der Waals surface area (Å²) in [5, 5.41) is 0. The summed E-state index contributed by atoms with van der Waals surface area (Å²) in [4.78, 5) is 0. The minimum Gasteiger partial charge on any atom is -0.0961 e. The van der Waals surface area contributed by atoms with Crippen LogP contribution in [0.4, 0.5) is 0 Å². The molecule has 0 aliphatic carbocycles. The molecule has 0 aliphatic heterocycles. The predicted molar refractivity (Wildman–Crippen MR) is 129 cm³/mol. The third-order valence-electron chi connectivity index (χ3n) is 2.67. The molecule has 0 bridgehead atoms. The van der Waals surface area contributed by atoms with Gasteiger partial charge in [-0.05, 0) is 36.1 Å². The first-order chi connectivity index (χ1) is 12.4. The van der Waals surface area contributed by atoms with E-state index < -0.39 is 0 Å². The van der Waals surface area contributed by atoms with Gasteiger partial charge in [0, 0.05) is 0 Å². The van der Waals surface area contributed by atoms with Gasteiger partial charge in [-0.2, -0.15) is 0 Å². The average molecular weight is 357 g/mol. The average Bonchev–Trinajstić information content (AvgIpc) is 2.71. The number of allylic oxidation sites excluding steroid dienone is 6. The fourth-order valence-corrected chi connectivity index (χ4v) is 1.63. The molecule has 0 heteroatoms. The van der Waals surface area contributed by atoms with Crippen LogP contribution in [0.1, 0.15) is 80.4 Å². The van der Waals surface area contributed by atoms with Gasteiger partial charge in [-0.25, -0.2) is 0 Å². The van der Waals surface area contributed by atoms with E-state index in [1.54, 1.807) is 0 Å². The zero-order valence-corrected chi connectivity index (χ0v) is 19.3. The van der Waals surface area contributed by atoms with Gasteiger partial charge in [0.25, 0.3) is 0 Å². The van der Waals surface area contributed by atoms with Crippen molar-refractivity contribution in [2.45, 2.75) is 69.2 Å². The second-order valence-corrected chi connectivity index (χ2v) is 4.51. The van der Waals surface area contributed by atoms with Crippen LogP contribution in [0.3, 0.4) is 0 Å². The molecule has 0 heterocycles. The van der Waals surface area contributed by atoms with Crippen LogP contribution in [0.2, 0.25) is 0 Å². The van der Waals surface area contributed by atoms with Crippen molar-refractivity contribution in [2.24, 2.45) is 0 Å². The van der Waals surface area contributed by atoms with E-state index in [0.717, 1.165) is 33.4 Å². The molecule has 0 saturated carbocycles. The highest BCUT2D eigenvalue weighted by atomic mass is 14.1. The molecule has 0 amide bonds. The van der Waals surface area contributed by atoms with Gasteiger partial charge in [0.15, 0.2) is 0 Å². The lowest BCUT2D eigenvalue weighted by Crippen LogP contribution is -1.91. The van der Waals surface area contributed by atoms with Gasteiger partial charge in [-0.1, -0.05) is 129 Å². The Labute approximate surface area is 165 Å². The molecular weight excluding hydrogens is 312 g/mol. The van der Waals surface area contributed by atoms with Crippen LogP contribution < -0.4 is 0 Å². The van der Waals surface area contributed by atoms with Gasteiger partial charge >= 0.3 is 0 Å². The van der Waals surface area contributed by atoms with Crippen LogP contribution in [0, 0.1) is 0 Å². The summed E-state index contributed by atoms with van der Waals surface area (Å²) in [7, 11) is 0. The highest BCUT2D eigenvalue weighted by Crippen LogP contribution is 2.28. The minimum absolute atomic E-state index is 0.895. The summed E-state index contributed by atoms with van der Waals surface area (Å²) in [6, 6.07) is 8.11.